The molecule has 0 unspecified atom stereocenters. The number of amides is 1. The number of benzene rings is 1. The number of carbonyl (C=O) groups excluding carboxylic acids is 1. The van der Waals surface area contributed by atoms with E-state index in [4.69, 9.17) is 9.47 Å². The second-order valence-corrected chi connectivity index (χ2v) is 6.32. The molecule has 2 saturated heterocycles. The van der Waals surface area contributed by atoms with Crippen LogP contribution in [0, 0.1) is 5.82 Å². The Morgan fingerprint density at radius 2 is 1.81 bits per heavy atom. The van der Waals surface area contributed by atoms with Crippen molar-refractivity contribution in [3.05, 3.63) is 48.2 Å². The van der Waals surface area contributed by atoms with E-state index in [1.54, 1.807) is 6.07 Å². The zero-order valence-corrected chi connectivity index (χ0v) is 14.2. The molecule has 2 aliphatic rings. The molecule has 1 spiro atoms. The summed E-state index contributed by atoms with van der Waals surface area (Å²) in [5, 5.41) is 2.70. The summed E-state index contributed by atoms with van der Waals surface area (Å²) in [6, 6.07) is 7.24. The molecule has 7 nitrogen and oxygen atoms in total. The van der Waals surface area contributed by atoms with Gasteiger partial charge in [0.2, 0.25) is 0 Å². The van der Waals surface area contributed by atoms with Crippen LogP contribution in [-0.4, -0.2) is 48.0 Å². The van der Waals surface area contributed by atoms with Gasteiger partial charge in [0.1, 0.15) is 23.7 Å². The Kier molecular flexibility index (Phi) is 4.52. The number of nitrogens with zero attached hydrogens (tertiary/aromatic N) is 3. The quantitative estimate of drug-likeness (QED) is 0.907. The fraction of sp³-hybridized carbons (Fsp3) is 0.389. The fourth-order valence-corrected chi connectivity index (χ4v) is 3.23. The van der Waals surface area contributed by atoms with Gasteiger partial charge >= 0.3 is 0 Å². The highest BCUT2D eigenvalue weighted by molar-refractivity contribution is 6.03. The van der Waals surface area contributed by atoms with Crippen LogP contribution in [0.3, 0.4) is 0 Å². The van der Waals surface area contributed by atoms with Gasteiger partial charge in [0.05, 0.1) is 13.2 Å². The van der Waals surface area contributed by atoms with Crippen LogP contribution in [0.1, 0.15) is 23.3 Å². The summed E-state index contributed by atoms with van der Waals surface area (Å²) in [5.41, 5.74) is 0.764. The first kappa shape index (κ1) is 16.9. The molecule has 1 N–H and O–H groups in total. The van der Waals surface area contributed by atoms with Crippen LogP contribution in [-0.2, 0) is 9.47 Å². The molecule has 26 heavy (non-hydrogen) atoms. The lowest BCUT2D eigenvalue weighted by atomic mass is 10.0. The topological polar surface area (TPSA) is 76.6 Å². The first-order chi connectivity index (χ1) is 12.6. The number of anilines is 2. The van der Waals surface area contributed by atoms with Gasteiger partial charge in [-0.2, -0.15) is 0 Å². The highest BCUT2D eigenvalue weighted by Crippen LogP contribution is 2.32. The van der Waals surface area contributed by atoms with Crippen LogP contribution in [0.4, 0.5) is 15.9 Å². The molecule has 136 valence electrons. The van der Waals surface area contributed by atoms with Crippen molar-refractivity contribution in [1.82, 2.24) is 9.97 Å². The molecule has 3 heterocycles. The van der Waals surface area contributed by atoms with Crippen molar-refractivity contribution >= 4 is 17.4 Å². The summed E-state index contributed by atoms with van der Waals surface area (Å²) in [6.45, 7) is 2.74. The molecule has 1 aromatic heterocycles. The van der Waals surface area contributed by atoms with Gasteiger partial charge in [-0.1, -0.05) is 0 Å². The third-order valence-corrected chi connectivity index (χ3v) is 4.65. The number of hydrogen-bond donors (Lipinski definition) is 1. The van der Waals surface area contributed by atoms with E-state index in [1.807, 2.05) is 0 Å². The predicted molar refractivity (Wildman–Crippen MR) is 92.5 cm³/mol. The molecule has 2 aromatic rings. The summed E-state index contributed by atoms with van der Waals surface area (Å²) in [7, 11) is 0. The van der Waals surface area contributed by atoms with E-state index in [2.05, 4.69) is 20.2 Å². The molecule has 4 rings (SSSR count). The number of hydrogen-bond acceptors (Lipinski definition) is 6. The Morgan fingerprint density at radius 1 is 1.12 bits per heavy atom. The molecule has 1 aromatic carbocycles. The van der Waals surface area contributed by atoms with E-state index < -0.39 is 5.79 Å². The average molecular weight is 358 g/mol. The smallest absolute Gasteiger partial charge is 0.274 e. The van der Waals surface area contributed by atoms with Crippen molar-refractivity contribution in [2.24, 2.45) is 0 Å². The van der Waals surface area contributed by atoms with Crippen LogP contribution in [0.2, 0.25) is 0 Å². The van der Waals surface area contributed by atoms with Crippen LogP contribution in [0.5, 0.6) is 0 Å². The molecular formula is C18H19FN4O3. The van der Waals surface area contributed by atoms with E-state index in [0.29, 0.717) is 24.7 Å². The second-order valence-electron chi connectivity index (χ2n) is 6.32. The summed E-state index contributed by atoms with van der Waals surface area (Å²) in [4.78, 5) is 22.8. The lowest BCUT2D eigenvalue weighted by Gasteiger charge is -2.38. The number of nitrogens with one attached hydrogen (secondary N) is 1. The Labute approximate surface area is 150 Å². The number of halogens is 1. The van der Waals surface area contributed by atoms with Gasteiger partial charge in [0, 0.05) is 37.7 Å². The van der Waals surface area contributed by atoms with Crippen LogP contribution in [0.25, 0.3) is 0 Å². The molecule has 0 aliphatic carbocycles. The lowest BCUT2D eigenvalue weighted by molar-refractivity contribution is -0.169. The maximum Gasteiger partial charge on any atom is 0.274 e. The van der Waals surface area contributed by atoms with Crippen molar-refractivity contribution in [2.45, 2.75) is 18.6 Å². The van der Waals surface area contributed by atoms with Crippen molar-refractivity contribution in [3.8, 4) is 0 Å². The summed E-state index contributed by atoms with van der Waals surface area (Å²) in [5.74, 6) is -0.481. The third kappa shape index (κ3) is 3.51. The Hall–Kier alpha value is -2.58. The van der Waals surface area contributed by atoms with Crippen LogP contribution >= 0.6 is 0 Å². The summed E-state index contributed by atoms with van der Waals surface area (Å²) < 4.78 is 24.4. The molecule has 0 saturated carbocycles. The highest BCUT2D eigenvalue weighted by atomic mass is 19.1. The van der Waals surface area contributed by atoms with Gasteiger partial charge < -0.3 is 19.7 Å². The van der Waals surface area contributed by atoms with E-state index in [1.165, 1.54) is 30.6 Å². The zero-order chi connectivity index (χ0) is 18.0. The number of carbonyl (C=O) groups is 1. The molecule has 1 amide bonds. The van der Waals surface area contributed by atoms with E-state index in [9.17, 15) is 9.18 Å². The Balaban J connectivity index is 1.43. The largest absolute Gasteiger partial charge is 0.356 e. The number of aromatic nitrogens is 2. The molecule has 2 fully saturated rings. The normalized spacial score (nSPS) is 18.9. The second kappa shape index (κ2) is 6.97. The van der Waals surface area contributed by atoms with Crippen molar-refractivity contribution in [3.63, 3.8) is 0 Å². The summed E-state index contributed by atoms with van der Waals surface area (Å²) in [6.07, 6.45) is 2.89. The van der Waals surface area contributed by atoms with E-state index >= 15 is 0 Å². The van der Waals surface area contributed by atoms with Gasteiger partial charge in [0.15, 0.2) is 5.79 Å². The van der Waals surface area contributed by atoms with Crippen LogP contribution < -0.4 is 10.2 Å². The minimum atomic E-state index is -0.452. The SMILES string of the molecule is O=C(Nc1ccc(F)cc1)c1cc(N2CCC3(CC2)OCCO3)ncn1. The lowest BCUT2D eigenvalue weighted by Crippen LogP contribution is -2.45. The van der Waals surface area contributed by atoms with Gasteiger partial charge in [-0.15, -0.1) is 0 Å². The third-order valence-electron chi connectivity index (χ3n) is 4.65. The molecule has 2 aliphatic heterocycles. The van der Waals surface area contributed by atoms with Gasteiger partial charge in [-0.25, -0.2) is 14.4 Å². The minimum Gasteiger partial charge on any atom is -0.356 e. The molecular weight excluding hydrogens is 339 g/mol. The highest BCUT2D eigenvalue weighted by Gasteiger charge is 2.40. The minimum absolute atomic E-state index is 0.257. The zero-order valence-electron chi connectivity index (χ0n) is 14.2. The molecule has 0 radical (unpaired) electrons. The van der Waals surface area contributed by atoms with Crippen molar-refractivity contribution < 1.29 is 18.7 Å². The first-order valence-electron chi connectivity index (χ1n) is 8.55. The van der Waals surface area contributed by atoms with Crippen LogP contribution in [0.15, 0.2) is 36.7 Å². The standard InChI is InChI=1S/C18H19FN4O3/c19-13-1-3-14(4-2-13)22-17(24)15-11-16(21-12-20-15)23-7-5-18(6-8-23)25-9-10-26-18/h1-4,11-12H,5-10H2,(H,22,24). The van der Waals surface area contributed by atoms with E-state index in [0.717, 1.165) is 25.9 Å². The number of ether oxygens (including phenoxy) is 2. The average Bonchev–Trinajstić information content (AvgIpc) is 3.12. The number of piperidine rings is 1. The van der Waals surface area contributed by atoms with Gasteiger partial charge in [-0.3, -0.25) is 4.79 Å². The van der Waals surface area contributed by atoms with Gasteiger partial charge in [0.25, 0.3) is 5.91 Å². The summed E-state index contributed by atoms with van der Waals surface area (Å²) >= 11 is 0. The predicted octanol–water partition coefficient (Wildman–Crippen LogP) is 2.21. The monoisotopic (exact) mass is 358 g/mol. The maximum absolute atomic E-state index is 13.0. The van der Waals surface area contributed by atoms with E-state index in [-0.39, 0.29) is 17.4 Å². The number of rotatable bonds is 3. The Bertz CT molecular complexity index is 783. The fourth-order valence-electron chi connectivity index (χ4n) is 3.23. The van der Waals surface area contributed by atoms with Crippen molar-refractivity contribution in [1.29, 1.82) is 0 Å². The molecule has 8 heteroatoms. The Morgan fingerprint density at radius 3 is 2.50 bits per heavy atom. The van der Waals surface area contributed by atoms with Crippen molar-refractivity contribution in [2.75, 3.05) is 36.5 Å². The first-order valence-corrected chi connectivity index (χ1v) is 8.55. The van der Waals surface area contributed by atoms with Gasteiger partial charge in [-0.05, 0) is 24.3 Å². The maximum atomic E-state index is 13.0. The molecule has 0 atom stereocenters. The molecule has 0 bridgehead atoms.